The molecule has 5 atom stereocenters. The van der Waals surface area contributed by atoms with E-state index in [-0.39, 0.29) is 17.6 Å². The van der Waals surface area contributed by atoms with Crippen LogP contribution < -0.4 is 5.32 Å². The van der Waals surface area contributed by atoms with Crippen molar-refractivity contribution in [1.29, 1.82) is 5.26 Å². The largest absolute Gasteiger partial charge is 0.391 e. The molecule has 1 aliphatic heterocycles. The maximum absolute atomic E-state index is 10.8. The van der Waals surface area contributed by atoms with Gasteiger partial charge in [0, 0.05) is 30.1 Å². The molecule has 4 nitrogen and oxygen atoms in total. The van der Waals surface area contributed by atoms with Gasteiger partial charge in [0.2, 0.25) is 0 Å². The number of hydrogen-bond donors (Lipinski definition) is 2. The van der Waals surface area contributed by atoms with Gasteiger partial charge in [0.15, 0.2) is 0 Å². The Balaban J connectivity index is 1.50. The summed E-state index contributed by atoms with van der Waals surface area (Å²) in [6, 6.07) is 9.42. The number of aliphatic hydroxyl groups excluding tert-OH is 1. The van der Waals surface area contributed by atoms with Gasteiger partial charge >= 0.3 is 0 Å². The predicted molar refractivity (Wildman–Crippen MR) is 103 cm³/mol. The summed E-state index contributed by atoms with van der Waals surface area (Å²) in [5.41, 5.74) is 3.66. The average molecular weight is 354 g/mol. The monoisotopic (exact) mass is 353 g/mol. The van der Waals surface area contributed by atoms with Gasteiger partial charge in [-0.05, 0) is 68.3 Å². The predicted octanol–water partition coefficient (Wildman–Crippen LogP) is 3.00. The van der Waals surface area contributed by atoms with E-state index >= 15 is 0 Å². The fourth-order valence-corrected chi connectivity index (χ4v) is 6.33. The molecule has 140 valence electrons. The first kappa shape index (κ1) is 18.0. The molecule has 26 heavy (non-hydrogen) atoms. The highest BCUT2D eigenvalue weighted by Crippen LogP contribution is 2.52. The molecule has 0 bridgehead atoms. The van der Waals surface area contributed by atoms with Crippen molar-refractivity contribution in [2.24, 2.45) is 11.3 Å². The van der Waals surface area contributed by atoms with E-state index in [2.05, 4.69) is 43.2 Å². The smallest absolute Gasteiger partial charge is 0.0991 e. The van der Waals surface area contributed by atoms with Crippen molar-refractivity contribution in [2.75, 3.05) is 13.6 Å². The van der Waals surface area contributed by atoms with Crippen LogP contribution in [0.1, 0.15) is 62.3 Å². The number of hydrogen-bond acceptors (Lipinski definition) is 4. The second-order valence-electron chi connectivity index (χ2n) is 9.19. The minimum Gasteiger partial charge on any atom is -0.391 e. The Hall–Kier alpha value is -1.41. The van der Waals surface area contributed by atoms with Crippen molar-refractivity contribution in [3.63, 3.8) is 0 Å². The minimum atomic E-state index is -0.256. The highest BCUT2D eigenvalue weighted by atomic mass is 16.3. The number of rotatable bonds is 3. The highest BCUT2D eigenvalue weighted by molar-refractivity contribution is 5.41. The third kappa shape index (κ3) is 2.87. The summed E-state index contributed by atoms with van der Waals surface area (Å²) in [6.07, 6.45) is 5.05. The molecule has 4 heteroatoms. The van der Waals surface area contributed by atoms with E-state index < -0.39 is 0 Å². The number of nitrogens with zero attached hydrogens (tertiary/aromatic N) is 2. The first-order valence-corrected chi connectivity index (χ1v) is 10.1. The molecule has 2 fully saturated rings. The average Bonchev–Trinajstić information content (AvgIpc) is 2.91. The lowest BCUT2D eigenvalue weighted by molar-refractivity contribution is -0.0828. The number of aliphatic hydroxyl groups is 1. The van der Waals surface area contributed by atoms with Crippen LogP contribution >= 0.6 is 0 Å². The summed E-state index contributed by atoms with van der Waals surface area (Å²) in [4.78, 5) is 2.46. The highest BCUT2D eigenvalue weighted by Gasteiger charge is 2.58. The number of likely N-dealkylation sites (tertiary alicyclic amines) is 1. The van der Waals surface area contributed by atoms with Gasteiger partial charge in [-0.2, -0.15) is 5.26 Å². The van der Waals surface area contributed by atoms with Crippen LogP contribution in [-0.4, -0.2) is 41.8 Å². The Morgan fingerprint density at radius 1 is 1.35 bits per heavy atom. The SMILES string of the molecule is CC(C)C1N(C)CC12C[C@@H](O)[C@H](NC1CCCc3cc(C#N)ccc31)C2. The van der Waals surface area contributed by atoms with E-state index in [1.165, 1.54) is 11.1 Å². The van der Waals surface area contributed by atoms with Crippen molar-refractivity contribution in [2.45, 2.75) is 70.2 Å². The van der Waals surface area contributed by atoms with Crippen molar-refractivity contribution in [1.82, 2.24) is 10.2 Å². The Bertz CT molecular complexity index is 720. The molecule has 1 spiro atoms. The number of aryl methyl sites for hydroxylation is 1. The lowest BCUT2D eigenvalue weighted by atomic mass is 9.66. The molecule has 0 radical (unpaired) electrons. The van der Waals surface area contributed by atoms with Gasteiger partial charge in [-0.3, -0.25) is 0 Å². The lowest BCUT2D eigenvalue weighted by Gasteiger charge is -2.57. The van der Waals surface area contributed by atoms with Gasteiger partial charge in [0.05, 0.1) is 17.7 Å². The zero-order valence-corrected chi connectivity index (χ0v) is 16.2. The second-order valence-corrected chi connectivity index (χ2v) is 9.19. The van der Waals surface area contributed by atoms with E-state index in [1.807, 2.05) is 12.1 Å². The molecule has 0 amide bonds. The zero-order valence-electron chi connectivity index (χ0n) is 16.2. The molecule has 2 aliphatic carbocycles. The quantitative estimate of drug-likeness (QED) is 0.877. The van der Waals surface area contributed by atoms with E-state index in [9.17, 15) is 5.11 Å². The summed E-state index contributed by atoms with van der Waals surface area (Å²) < 4.78 is 0. The van der Waals surface area contributed by atoms with Gasteiger partial charge < -0.3 is 15.3 Å². The van der Waals surface area contributed by atoms with Crippen LogP contribution in [0.25, 0.3) is 0 Å². The number of benzene rings is 1. The van der Waals surface area contributed by atoms with Crippen LogP contribution in [-0.2, 0) is 6.42 Å². The van der Waals surface area contributed by atoms with E-state index in [0.29, 0.717) is 18.0 Å². The van der Waals surface area contributed by atoms with Gasteiger partial charge in [0.25, 0.3) is 0 Å². The molecule has 1 saturated heterocycles. The summed E-state index contributed by atoms with van der Waals surface area (Å²) >= 11 is 0. The third-order valence-corrected chi connectivity index (χ3v) is 7.01. The van der Waals surface area contributed by atoms with Crippen molar-refractivity contribution >= 4 is 0 Å². The molecule has 2 N–H and O–H groups in total. The maximum atomic E-state index is 10.8. The van der Waals surface area contributed by atoms with E-state index in [1.54, 1.807) is 0 Å². The van der Waals surface area contributed by atoms with Gasteiger partial charge in [-0.15, -0.1) is 0 Å². The third-order valence-electron chi connectivity index (χ3n) is 7.01. The van der Waals surface area contributed by atoms with Gasteiger partial charge in [0.1, 0.15) is 0 Å². The Labute approximate surface area is 157 Å². The number of nitriles is 1. The topological polar surface area (TPSA) is 59.3 Å². The summed E-state index contributed by atoms with van der Waals surface area (Å²) in [5, 5.41) is 23.8. The first-order valence-electron chi connectivity index (χ1n) is 10.1. The van der Waals surface area contributed by atoms with Crippen LogP contribution in [0.4, 0.5) is 0 Å². The zero-order chi connectivity index (χ0) is 18.5. The fraction of sp³-hybridized carbons (Fsp3) is 0.682. The molecule has 1 aromatic carbocycles. The molecule has 3 aliphatic rings. The number of nitrogens with one attached hydrogen (secondary N) is 1. The maximum Gasteiger partial charge on any atom is 0.0991 e. The lowest BCUT2D eigenvalue weighted by Crippen LogP contribution is -2.64. The van der Waals surface area contributed by atoms with Crippen molar-refractivity contribution in [3.8, 4) is 6.07 Å². The Kier molecular flexibility index (Phi) is 4.59. The van der Waals surface area contributed by atoms with Crippen molar-refractivity contribution in [3.05, 3.63) is 34.9 Å². The van der Waals surface area contributed by atoms with E-state index in [0.717, 1.165) is 44.2 Å². The van der Waals surface area contributed by atoms with Crippen LogP contribution in [0.5, 0.6) is 0 Å². The normalized spacial score (nSPS) is 36.8. The Morgan fingerprint density at radius 2 is 2.15 bits per heavy atom. The van der Waals surface area contributed by atoms with Gasteiger partial charge in [-0.1, -0.05) is 19.9 Å². The van der Waals surface area contributed by atoms with Crippen molar-refractivity contribution < 1.29 is 5.11 Å². The molecular formula is C22H31N3O. The first-order chi connectivity index (χ1) is 12.4. The van der Waals surface area contributed by atoms with Crippen LogP contribution in [0.2, 0.25) is 0 Å². The molecule has 4 rings (SSSR count). The molecule has 1 saturated carbocycles. The van der Waals surface area contributed by atoms with Crippen LogP contribution in [0.15, 0.2) is 18.2 Å². The summed E-state index contributed by atoms with van der Waals surface area (Å²) in [5.74, 6) is 0.625. The minimum absolute atomic E-state index is 0.177. The molecule has 1 aromatic rings. The second kappa shape index (κ2) is 6.64. The fourth-order valence-electron chi connectivity index (χ4n) is 6.33. The molecule has 3 unspecified atom stereocenters. The summed E-state index contributed by atoms with van der Waals surface area (Å²) in [6.45, 7) is 5.72. The standard InChI is InChI=1S/C22H31N3O/c1-14(2)21-22(13-25(21)3)10-19(20(26)11-22)24-18-6-4-5-16-9-15(12-23)7-8-17(16)18/h7-9,14,18-21,24,26H,4-6,10-11,13H2,1-3H3/t18?,19-,20-,21?,22?/m1/s1. The van der Waals surface area contributed by atoms with Gasteiger partial charge in [-0.25, -0.2) is 0 Å². The molecule has 0 aromatic heterocycles. The molecular weight excluding hydrogens is 322 g/mol. The summed E-state index contributed by atoms with van der Waals surface area (Å²) in [7, 11) is 2.22. The Morgan fingerprint density at radius 3 is 2.85 bits per heavy atom. The van der Waals surface area contributed by atoms with Crippen LogP contribution in [0.3, 0.4) is 0 Å². The number of fused-ring (bicyclic) bond motifs is 1. The van der Waals surface area contributed by atoms with E-state index in [4.69, 9.17) is 5.26 Å². The molecule has 1 heterocycles. The van der Waals surface area contributed by atoms with Crippen LogP contribution in [0, 0.1) is 22.7 Å².